The van der Waals surface area contributed by atoms with Gasteiger partial charge in [-0.15, -0.1) is 0 Å². The van der Waals surface area contributed by atoms with Gasteiger partial charge in [-0.2, -0.15) is 0 Å². The Bertz CT molecular complexity index is 440. The molecule has 0 spiro atoms. The Morgan fingerprint density at radius 2 is 2.23 bits per heavy atom. The molecule has 0 saturated carbocycles. The molecular weight excluding hydrogens is 228 g/mol. The van der Waals surface area contributed by atoms with Crippen LogP contribution < -0.4 is 5.73 Å². The van der Waals surface area contributed by atoms with Crippen LogP contribution in [0.25, 0.3) is 10.9 Å². The van der Waals surface area contributed by atoms with Crippen LogP contribution in [0.2, 0.25) is 0 Å². The van der Waals surface area contributed by atoms with Gasteiger partial charge < -0.3 is 5.73 Å². The van der Waals surface area contributed by atoms with Gasteiger partial charge in [0.2, 0.25) is 0 Å². The summed E-state index contributed by atoms with van der Waals surface area (Å²) in [6.07, 6.45) is 1.81. The summed E-state index contributed by atoms with van der Waals surface area (Å²) in [5.41, 5.74) is 7.57. The van der Waals surface area contributed by atoms with Crippen LogP contribution in [0.3, 0.4) is 0 Å². The lowest BCUT2D eigenvalue weighted by Gasteiger charge is -2.01. The van der Waals surface area contributed by atoms with Crippen LogP contribution >= 0.6 is 15.9 Å². The number of nitrogens with zero attached hydrogens (tertiary/aromatic N) is 1. The normalized spacial score (nSPS) is 10.6. The second-order valence-electron chi connectivity index (χ2n) is 2.86. The number of para-hydroxylation sites is 1. The van der Waals surface area contributed by atoms with Gasteiger partial charge in [-0.3, -0.25) is 4.98 Å². The molecule has 2 rings (SSSR count). The maximum absolute atomic E-state index is 5.53. The summed E-state index contributed by atoms with van der Waals surface area (Å²) in [7, 11) is 0. The molecule has 3 heteroatoms. The van der Waals surface area contributed by atoms with Crippen molar-refractivity contribution in [1.29, 1.82) is 0 Å². The Hall–Kier alpha value is -0.930. The van der Waals surface area contributed by atoms with Gasteiger partial charge >= 0.3 is 0 Å². The zero-order chi connectivity index (χ0) is 9.26. The number of fused-ring (bicyclic) bond motifs is 1. The number of halogens is 1. The highest BCUT2D eigenvalue weighted by Crippen LogP contribution is 2.21. The largest absolute Gasteiger partial charge is 0.326 e. The van der Waals surface area contributed by atoms with E-state index < -0.39 is 0 Å². The second kappa shape index (κ2) is 3.44. The van der Waals surface area contributed by atoms with Crippen LogP contribution in [0, 0.1) is 0 Å². The number of hydrogen-bond donors (Lipinski definition) is 1. The second-order valence-corrected chi connectivity index (χ2v) is 3.71. The summed E-state index contributed by atoms with van der Waals surface area (Å²) in [5, 5.41) is 1.12. The van der Waals surface area contributed by atoms with Gasteiger partial charge in [-0.1, -0.05) is 12.1 Å². The lowest BCUT2D eigenvalue weighted by atomic mass is 10.2. The van der Waals surface area contributed by atoms with Crippen molar-refractivity contribution in [1.82, 2.24) is 4.98 Å². The predicted octanol–water partition coefficient (Wildman–Crippen LogP) is 2.46. The van der Waals surface area contributed by atoms with Crippen molar-refractivity contribution in [3.8, 4) is 0 Å². The van der Waals surface area contributed by atoms with Crippen molar-refractivity contribution in [3.63, 3.8) is 0 Å². The minimum atomic E-state index is 0.537. The Kier molecular flexibility index (Phi) is 2.29. The first-order valence-corrected chi connectivity index (χ1v) is 4.84. The topological polar surface area (TPSA) is 38.9 Å². The van der Waals surface area contributed by atoms with Gasteiger partial charge in [0, 0.05) is 22.6 Å². The van der Waals surface area contributed by atoms with E-state index in [4.69, 9.17) is 5.73 Å². The zero-order valence-electron chi connectivity index (χ0n) is 7.00. The fourth-order valence-electron chi connectivity index (χ4n) is 1.28. The van der Waals surface area contributed by atoms with Crippen molar-refractivity contribution in [3.05, 3.63) is 40.5 Å². The van der Waals surface area contributed by atoms with Gasteiger partial charge in [0.25, 0.3) is 0 Å². The van der Waals surface area contributed by atoms with Crippen molar-refractivity contribution < 1.29 is 0 Å². The van der Waals surface area contributed by atoms with E-state index in [0.29, 0.717) is 6.54 Å². The van der Waals surface area contributed by atoms with E-state index in [-0.39, 0.29) is 0 Å². The molecule has 0 aliphatic rings. The van der Waals surface area contributed by atoms with Crippen LogP contribution in [0.1, 0.15) is 5.56 Å². The molecular formula is C10H9BrN2. The molecule has 1 aromatic heterocycles. The van der Waals surface area contributed by atoms with E-state index >= 15 is 0 Å². The van der Waals surface area contributed by atoms with Gasteiger partial charge in [-0.25, -0.2) is 0 Å². The highest BCUT2D eigenvalue weighted by molar-refractivity contribution is 9.10. The molecule has 2 aromatic rings. The fraction of sp³-hybridized carbons (Fsp3) is 0.100. The van der Waals surface area contributed by atoms with E-state index in [9.17, 15) is 0 Å². The third-order valence-electron chi connectivity index (χ3n) is 1.95. The van der Waals surface area contributed by atoms with Crippen LogP contribution in [-0.4, -0.2) is 4.98 Å². The molecule has 2 N–H and O–H groups in total. The lowest BCUT2D eigenvalue weighted by molar-refractivity contribution is 1.06. The fourth-order valence-corrected chi connectivity index (χ4v) is 1.76. The maximum Gasteiger partial charge on any atom is 0.0844 e. The average Bonchev–Trinajstić information content (AvgIpc) is 2.18. The summed E-state index contributed by atoms with van der Waals surface area (Å²) < 4.78 is 1.02. The highest BCUT2D eigenvalue weighted by Gasteiger charge is 1.99. The molecule has 0 radical (unpaired) electrons. The number of nitrogens with two attached hydrogens (primary N) is 1. The molecule has 0 atom stereocenters. The van der Waals surface area contributed by atoms with Crippen LogP contribution in [-0.2, 0) is 6.54 Å². The third kappa shape index (κ3) is 1.57. The summed E-state index contributed by atoms with van der Waals surface area (Å²) in [5.74, 6) is 0. The summed E-state index contributed by atoms with van der Waals surface area (Å²) >= 11 is 3.45. The molecule has 0 bridgehead atoms. The molecule has 0 aliphatic heterocycles. The number of aromatic nitrogens is 1. The molecule has 1 heterocycles. The standard InChI is InChI=1S/C10H9BrN2/c11-9-3-1-2-8-4-7(5-12)6-13-10(8)9/h1-4,6H,5,12H2. The summed E-state index contributed by atoms with van der Waals surface area (Å²) in [4.78, 5) is 4.32. The molecule has 0 aliphatic carbocycles. The van der Waals surface area contributed by atoms with E-state index in [1.807, 2.05) is 24.4 Å². The quantitative estimate of drug-likeness (QED) is 0.827. The highest BCUT2D eigenvalue weighted by atomic mass is 79.9. The number of benzene rings is 1. The molecule has 0 saturated heterocycles. The maximum atomic E-state index is 5.53. The summed E-state index contributed by atoms with van der Waals surface area (Å²) in [6.45, 7) is 0.537. The van der Waals surface area contributed by atoms with Gasteiger partial charge in [0.05, 0.1) is 5.52 Å². The Morgan fingerprint density at radius 1 is 1.38 bits per heavy atom. The average molecular weight is 237 g/mol. The number of pyridine rings is 1. The van der Waals surface area contributed by atoms with Gasteiger partial charge in [-0.05, 0) is 33.6 Å². The first-order valence-electron chi connectivity index (χ1n) is 4.04. The van der Waals surface area contributed by atoms with Crippen molar-refractivity contribution in [2.24, 2.45) is 5.73 Å². The van der Waals surface area contributed by atoms with Crippen LogP contribution in [0.15, 0.2) is 34.9 Å². The molecule has 0 fully saturated rings. The Morgan fingerprint density at radius 3 is 3.00 bits per heavy atom. The zero-order valence-corrected chi connectivity index (χ0v) is 8.58. The van der Waals surface area contributed by atoms with Crippen LogP contribution in [0.5, 0.6) is 0 Å². The SMILES string of the molecule is NCc1cnc2c(Br)cccc2c1. The van der Waals surface area contributed by atoms with Crippen molar-refractivity contribution >= 4 is 26.8 Å². The smallest absolute Gasteiger partial charge is 0.0844 e. The Labute approximate surface area is 84.9 Å². The molecule has 2 nitrogen and oxygen atoms in total. The molecule has 66 valence electrons. The Balaban J connectivity index is 2.72. The monoisotopic (exact) mass is 236 g/mol. The van der Waals surface area contributed by atoms with Crippen molar-refractivity contribution in [2.75, 3.05) is 0 Å². The first-order chi connectivity index (χ1) is 6.31. The van der Waals surface area contributed by atoms with Gasteiger partial charge in [0.1, 0.15) is 0 Å². The molecule has 13 heavy (non-hydrogen) atoms. The minimum absolute atomic E-state index is 0.537. The number of rotatable bonds is 1. The van der Waals surface area contributed by atoms with Crippen LogP contribution in [0.4, 0.5) is 0 Å². The van der Waals surface area contributed by atoms with E-state index in [1.54, 1.807) is 0 Å². The minimum Gasteiger partial charge on any atom is -0.326 e. The molecule has 0 amide bonds. The summed E-state index contributed by atoms with van der Waals surface area (Å²) in [6, 6.07) is 8.07. The lowest BCUT2D eigenvalue weighted by Crippen LogP contribution is -1.96. The van der Waals surface area contributed by atoms with E-state index in [1.165, 1.54) is 0 Å². The third-order valence-corrected chi connectivity index (χ3v) is 2.59. The van der Waals surface area contributed by atoms with Gasteiger partial charge in [0.15, 0.2) is 0 Å². The first kappa shape index (κ1) is 8.66. The molecule has 0 unspecified atom stereocenters. The van der Waals surface area contributed by atoms with E-state index in [2.05, 4.69) is 27.0 Å². The van der Waals surface area contributed by atoms with Crippen molar-refractivity contribution in [2.45, 2.75) is 6.54 Å². The predicted molar refractivity (Wildman–Crippen MR) is 57.3 cm³/mol. The van der Waals surface area contributed by atoms with E-state index in [0.717, 1.165) is 20.9 Å². The number of hydrogen-bond acceptors (Lipinski definition) is 2. The molecule has 1 aromatic carbocycles.